The third-order valence-corrected chi connectivity index (χ3v) is 5.48. The Bertz CT molecular complexity index is 679. The Labute approximate surface area is 145 Å². The molecular weight excluding hydrogens is 354 g/mol. The number of nitrogens with zero attached hydrogens (tertiary/aromatic N) is 3. The lowest BCUT2D eigenvalue weighted by molar-refractivity contribution is 0.0321. The van der Waals surface area contributed by atoms with E-state index in [1.165, 1.54) is 18.2 Å². The highest BCUT2D eigenvalue weighted by atomic mass is 79.9. The zero-order chi connectivity index (χ0) is 15.6. The van der Waals surface area contributed by atoms with Gasteiger partial charge in [-0.1, -0.05) is 22.0 Å². The predicted octanol–water partition coefficient (Wildman–Crippen LogP) is 3.30. The van der Waals surface area contributed by atoms with Crippen LogP contribution in [-0.4, -0.2) is 55.3 Å². The van der Waals surface area contributed by atoms with Gasteiger partial charge in [0.2, 0.25) is 0 Å². The molecule has 122 valence electrons. The summed E-state index contributed by atoms with van der Waals surface area (Å²) in [7, 11) is 0. The topological polar surface area (TPSA) is 28.6 Å². The molecule has 0 atom stereocenters. The number of benzene rings is 1. The molecule has 2 aliphatic heterocycles. The molecule has 0 radical (unpaired) electrons. The summed E-state index contributed by atoms with van der Waals surface area (Å²) in [5.74, 6) is 1.10. The molecule has 2 saturated heterocycles. The van der Waals surface area contributed by atoms with E-state index in [4.69, 9.17) is 9.72 Å². The van der Waals surface area contributed by atoms with Crippen molar-refractivity contribution in [1.29, 1.82) is 0 Å². The number of rotatable bonds is 2. The fourth-order valence-electron chi connectivity index (χ4n) is 3.62. The number of fused-ring (bicyclic) bond motifs is 1. The van der Waals surface area contributed by atoms with Crippen molar-refractivity contribution in [2.75, 3.05) is 44.3 Å². The molecule has 0 saturated carbocycles. The van der Waals surface area contributed by atoms with Gasteiger partial charge in [0.1, 0.15) is 5.82 Å². The summed E-state index contributed by atoms with van der Waals surface area (Å²) in [6.07, 6.45) is 2.37. The van der Waals surface area contributed by atoms with Crippen LogP contribution in [0.2, 0.25) is 0 Å². The van der Waals surface area contributed by atoms with E-state index in [0.717, 1.165) is 55.2 Å². The van der Waals surface area contributed by atoms with Gasteiger partial charge >= 0.3 is 0 Å². The Hall–Kier alpha value is -1.17. The maximum Gasteiger partial charge on any atom is 0.129 e. The number of hydrogen-bond donors (Lipinski definition) is 0. The average Bonchev–Trinajstić information content (AvgIpc) is 2.62. The number of anilines is 1. The normalized spacial score (nSPS) is 21.0. The highest BCUT2D eigenvalue weighted by molar-refractivity contribution is 9.10. The second kappa shape index (κ2) is 6.75. The standard InChI is InChI=1S/C18H22BrN3O/c19-15-3-1-14-2-4-18(20-17(14)13-15)22-9-7-21(8-10-22)16-5-11-23-12-6-16/h1-4,13,16H,5-12H2. The summed E-state index contributed by atoms with van der Waals surface area (Å²) in [6.45, 7) is 6.22. The monoisotopic (exact) mass is 375 g/mol. The second-order valence-electron chi connectivity index (χ2n) is 6.37. The minimum atomic E-state index is 0.714. The van der Waals surface area contributed by atoms with Gasteiger partial charge in [0.05, 0.1) is 5.52 Å². The summed E-state index contributed by atoms with van der Waals surface area (Å²) in [5, 5.41) is 1.19. The molecule has 4 rings (SSSR count). The highest BCUT2D eigenvalue weighted by Crippen LogP contribution is 2.23. The lowest BCUT2D eigenvalue weighted by Gasteiger charge is -2.41. The first-order valence-electron chi connectivity index (χ1n) is 8.43. The third-order valence-electron chi connectivity index (χ3n) is 4.98. The lowest BCUT2D eigenvalue weighted by atomic mass is 10.1. The van der Waals surface area contributed by atoms with Crippen LogP contribution in [0.5, 0.6) is 0 Å². The molecule has 0 unspecified atom stereocenters. The van der Waals surface area contributed by atoms with Crippen LogP contribution in [0.4, 0.5) is 5.82 Å². The number of ether oxygens (including phenoxy) is 1. The summed E-state index contributed by atoms with van der Waals surface area (Å²) in [6, 6.07) is 11.3. The molecule has 0 N–H and O–H groups in total. The Kier molecular flexibility index (Phi) is 4.51. The maximum atomic E-state index is 5.48. The molecule has 0 bridgehead atoms. The fourth-order valence-corrected chi connectivity index (χ4v) is 3.97. The molecule has 4 nitrogen and oxygen atoms in total. The largest absolute Gasteiger partial charge is 0.381 e. The summed E-state index contributed by atoms with van der Waals surface area (Å²) >= 11 is 3.53. The van der Waals surface area contributed by atoms with Crippen molar-refractivity contribution in [3.05, 3.63) is 34.8 Å². The SMILES string of the molecule is Brc1ccc2ccc(N3CCN(C4CCOCC4)CC3)nc2c1. The smallest absolute Gasteiger partial charge is 0.129 e. The number of aromatic nitrogens is 1. The molecular formula is C18H22BrN3O. The Morgan fingerprint density at radius 1 is 1.00 bits per heavy atom. The number of halogens is 1. The van der Waals surface area contributed by atoms with Crippen molar-refractivity contribution in [1.82, 2.24) is 9.88 Å². The van der Waals surface area contributed by atoms with E-state index in [-0.39, 0.29) is 0 Å². The predicted molar refractivity (Wildman–Crippen MR) is 97.1 cm³/mol. The van der Waals surface area contributed by atoms with Crippen molar-refractivity contribution < 1.29 is 4.74 Å². The molecule has 2 aliphatic rings. The van der Waals surface area contributed by atoms with Crippen LogP contribution in [0.15, 0.2) is 34.8 Å². The first-order valence-corrected chi connectivity index (χ1v) is 9.22. The lowest BCUT2D eigenvalue weighted by Crippen LogP contribution is -2.51. The molecule has 2 fully saturated rings. The maximum absolute atomic E-state index is 5.48. The number of pyridine rings is 1. The molecule has 0 aliphatic carbocycles. The van der Waals surface area contributed by atoms with Crippen LogP contribution in [-0.2, 0) is 4.74 Å². The van der Waals surface area contributed by atoms with E-state index >= 15 is 0 Å². The van der Waals surface area contributed by atoms with Gasteiger partial charge in [0, 0.05) is 55.3 Å². The Morgan fingerprint density at radius 2 is 1.74 bits per heavy atom. The molecule has 0 amide bonds. The van der Waals surface area contributed by atoms with E-state index in [9.17, 15) is 0 Å². The number of piperazine rings is 1. The average molecular weight is 376 g/mol. The van der Waals surface area contributed by atoms with Crippen LogP contribution in [0.25, 0.3) is 10.9 Å². The van der Waals surface area contributed by atoms with Crippen molar-refractivity contribution in [3.63, 3.8) is 0 Å². The van der Waals surface area contributed by atoms with Crippen molar-refractivity contribution in [3.8, 4) is 0 Å². The quantitative estimate of drug-likeness (QED) is 0.804. The summed E-state index contributed by atoms with van der Waals surface area (Å²) < 4.78 is 6.56. The third kappa shape index (κ3) is 3.37. The van der Waals surface area contributed by atoms with E-state index in [0.29, 0.717) is 6.04 Å². The van der Waals surface area contributed by atoms with Gasteiger partial charge in [-0.3, -0.25) is 4.90 Å². The minimum Gasteiger partial charge on any atom is -0.381 e. The van der Waals surface area contributed by atoms with Gasteiger partial charge in [-0.2, -0.15) is 0 Å². The Morgan fingerprint density at radius 3 is 2.52 bits per heavy atom. The highest BCUT2D eigenvalue weighted by Gasteiger charge is 2.25. The van der Waals surface area contributed by atoms with Crippen LogP contribution < -0.4 is 4.90 Å². The van der Waals surface area contributed by atoms with Gasteiger partial charge < -0.3 is 9.64 Å². The summed E-state index contributed by atoms with van der Waals surface area (Å²) in [5.41, 5.74) is 1.06. The van der Waals surface area contributed by atoms with E-state index < -0.39 is 0 Å². The van der Waals surface area contributed by atoms with Crippen LogP contribution in [0.3, 0.4) is 0 Å². The zero-order valence-electron chi connectivity index (χ0n) is 13.2. The number of hydrogen-bond acceptors (Lipinski definition) is 4. The summed E-state index contributed by atoms with van der Waals surface area (Å²) in [4.78, 5) is 9.90. The van der Waals surface area contributed by atoms with Crippen molar-refractivity contribution >= 4 is 32.7 Å². The molecule has 1 aromatic carbocycles. The van der Waals surface area contributed by atoms with Gasteiger partial charge in [0.15, 0.2) is 0 Å². The first-order chi connectivity index (χ1) is 11.3. The van der Waals surface area contributed by atoms with Gasteiger partial charge in [-0.05, 0) is 37.1 Å². The van der Waals surface area contributed by atoms with Crippen LogP contribution >= 0.6 is 15.9 Å². The molecule has 0 spiro atoms. The van der Waals surface area contributed by atoms with Crippen molar-refractivity contribution in [2.24, 2.45) is 0 Å². The van der Waals surface area contributed by atoms with E-state index in [1.54, 1.807) is 0 Å². The Balaban J connectivity index is 1.45. The van der Waals surface area contributed by atoms with E-state index in [2.05, 4.69) is 56.1 Å². The molecule has 2 aromatic rings. The minimum absolute atomic E-state index is 0.714. The van der Waals surface area contributed by atoms with Gasteiger partial charge in [-0.15, -0.1) is 0 Å². The van der Waals surface area contributed by atoms with E-state index in [1.807, 2.05) is 0 Å². The van der Waals surface area contributed by atoms with Crippen LogP contribution in [0.1, 0.15) is 12.8 Å². The fraction of sp³-hybridized carbons (Fsp3) is 0.500. The van der Waals surface area contributed by atoms with Gasteiger partial charge in [0.25, 0.3) is 0 Å². The van der Waals surface area contributed by atoms with Gasteiger partial charge in [-0.25, -0.2) is 4.98 Å². The van der Waals surface area contributed by atoms with Crippen LogP contribution in [0, 0.1) is 0 Å². The zero-order valence-corrected chi connectivity index (χ0v) is 14.8. The molecule has 5 heteroatoms. The second-order valence-corrected chi connectivity index (χ2v) is 7.29. The first kappa shape index (κ1) is 15.4. The van der Waals surface area contributed by atoms with Crippen molar-refractivity contribution in [2.45, 2.75) is 18.9 Å². The molecule has 23 heavy (non-hydrogen) atoms. The molecule has 1 aromatic heterocycles. The molecule has 3 heterocycles.